The Labute approximate surface area is 198 Å². The quantitative estimate of drug-likeness (QED) is 0.279. The van der Waals surface area contributed by atoms with Gasteiger partial charge in [-0.2, -0.15) is 0 Å². The highest BCUT2D eigenvalue weighted by atomic mass is 35.5. The van der Waals surface area contributed by atoms with E-state index >= 15 is 0 Å². The molecule has 0 aliphatic heterocycles. The lowest BCUT2D eigenvalue weighted by Gasteiger charge is -2.07. The third-order valence-electron chi connectivity index (χ3n) is 4.57. The van der Waals surface area contributed by atoms with Crippen LogP contribution in [0.1, 0.15) is 11.5 Å². The molecule has 0 spiro atoms. The van der Waals surface area contributed by atoms with Gasteiger partial charge < -0.3 is 19.3 Å². The van der Waals surface area contributed by atoms with Gasteiger partial charge in [0.15, 0.2) is 0 Å². The zero-order valence-corrected chi connectivity index (χ0v) is 18.7. The molecule has 0 unspecified atom stereocenters. The molecule has 0 bridgehead atoms. The van der Waals surface area contributed by atoms with Crippen molar-refractivity contribution in [1.82, 2.24) is 0 Å². The first-order valence-electron chi connectivity index (χ1n) is 9.47. The predicted octanol–water partition coefficient (Wildman–Crippen LogP) is 7.31. The number of amides is 1. The number of benzene rings is 2. The largest absolute Gasteiger partial charge is 0.459 e. The van der Waals surface area contributed by atoms with Crippen molar-refractivity contribution in [3.8, 4) is 22.6 Å². The monoisotopic (exact) mass is 487 g/mol. The molecule has 2 N–H and O–H groups in total. The summed E-state index contributed by atoms with van der Waals surface area (Å²) in [6.07, 6.45) is 2.87. The molecule has 2 aromatic heterocycles. The second-order valence-corrected chi connectivity index (χ2v) is 7.94. The van der Waals surface area contributed by atoms with E-state index in [1.54, 1.807) is 60.7 Å². The minimum atomic E-state index is -0.390. The Morgan fingerprint density at radius 2 is 1.75 bits per heavy atom. The van der Waals surface area contributed by atoms with E-state index in [9.17, 15) is 4.79 Å². The second kappa shape index (κ2) is 9.67. The maximum absolute atomic E-state index is 12.4. The number of rotatable bonds is 6. The second-order valence-electron chi connectivity index (χ2n) is 6.74. The Bertz CT molecular complexity index is 1310. The smallest absolute Gasteiger partial charge is 0.248 e. The molecule has 0 fully saturated rings. The van der Waals surface area contributed by atoms with Gasteiger partial charge in [0, 0.05) is 17.2 Å². The number of furan rings is 2. The first-order valence-corrected chi connectivity index (χ1v) is 10.6. The normalized spacial score (nSPS) is 11.2. The summed E-state index contributed by atoms with van der Waals surface area (Å²) >= 11 is 18.5. The van der Waals surface area contributed by atoms with Crippen molar-refractivity contribution in [2.24, 2.45) is 0 Å². The van der Waals surface area contributed by atoms with Gasteiger partial charge >= 0.3 is 0 Å². The standard InChI is InChI=1S/C24H16Cl3NO4/c25-18-8-4-14(21-9-6-16(13-29)32-21)12-20(18)28-23(30)11-7-15-5-10-22(31-15)17-2-1-3-19(26)24(17)27/h1-12,29H,13H2,(H,28,30)/b11-7+. The summed E-state index contributed by atoms with van der Waals surface area (Å²) in [6, 6.07) is 17.3. The predicted molar refractivity (Wildman–Crippen MR) is 127 cm³/mol. The molecular weight excluding hydrogens is 473 g/mol. The summed E-state index contributed by atoms with van der Waals surface area (Å²) in [7, 11) is 0. The summed E-state index contributed by atoms with van der Waals surface area (Å²) in [4.78, 5) is 12.4. The maximum Gasteiger partial charge on any atom is 0.248 e. The molecule has 32 heavy (non-hydrogen) atoms. The van der Waals surface area contributed by atoms with Crippen LogP contribution in [0, 0.1) is 0 Å². The summed E-state index contributed by atoms with van der Waals surface area (Å²) in [5.41, 5.74) is 1.79. The first-order chi connectivity index (χ1) is 15.4. The highest BCUT2D eigenvalue weighted by Gasteiger charge is 2.11. The van der Waals surface area contributed by atoms with Crippen molar-refractivity contribution in [2.45, 2.75) is 6.61 Å². The molecule has 0 radical (unpaired) electrons. The van der Waals surface area contributed by atoms with E-state index in [-0.39, 0.29) is 6.61 Å². The maximum atomic E-state index is 12.4. The minimum Gasteiger partial charge on any atom is -0.459 e. The van der Waals surface area contributed by atoms with Gasteiger partial charge in [-0.15, -0.1) is 0 Å². The lowest BCUT2D eigenvalue weighted by atomic mass is 10.1. The number of aliphatic hydroxyl groups is 1. The highest BCUT2D eigenvalue weighted by molar-refractivity contribution is 6.43. The van der Waals surface area contributed by atoms with Crippen LogP contribution in [0.5, 0.6) is 0 Å². The van der Waals surface area contributed by atoms with E-state index < -0.39 is 5.91 Å². The van der Waals surface area contributed by atoms with Crippen molar-refractivity contribution >= 4 is 52.5 Å². The van der Waals surface area contributed by atoms with Crippen LogP contribution < -0.4 is 5.32 Å². The van der Waals surface area contributed by atoms with Crippen molar-refractivity contribution in [1.29, 1.82) is 0 Å². The van der Waals surface area contributed by atoms with Crippen LogP contribution in [0.25, 0.3) is 28.7 Å². The zero-order chi connectivity index (χ0) is 22.7. The summed E-state index contributed by atoms with van der Waals surface area (Å²) in [6.45, 7) is -0.194. The molecule has 0 saturated heterocycles. The number of hydrogen-bond donors (Lipinski definition) is 2. The van der Waals surface area contributed by atoms with E-state index in [1.807, 2.05) is 0 Å². The number of carbonyl (C=O) groups is 1. The van der Waals surface area contributed by atoms with Gasteiger partial charge in [0.05, 0.1) is 20.8 Å². The van der Waals surface area contributed by atoms with Crippen LogP contribution in [0.15, 0.2) is 75.6 Å². The number of nitrogens with one attached hydrogen (secondary N) is 1. The van der Waals surface area contributed by atoms with E-state index in [1.165, 1.54) is 12.2 Å². The van der Waals surface area contributed by atoms with Crippen LogP contribution >= 0.6 is 34.8 Å². The van der Waals surface area contributed by atoms with Gasteiger partial charge in [-0.3, -0.25) is 4.79 Å². The molecule has 0 atom stereocenters. The molecule has 1 amide bonds. The Morgan fingerprint density at radius 3 is 2.53 bits per heavy atom. The average molecular weight is 489 g/mol. The van der Waals surface area contributed by atoms with Gasteiger partial charge in [-0.25, -0.2) is 0 Å². The molecule has 0 aliphatic rings. The van der Waals surface area contributed by atoms with Crippen LogP contribution in [0.3, 0.4) is 0 Å². The molecule has 5 nitrogen and oxygen atoms in total. The van der Waals surface area contributed by atoms with E-state index in [2.05, 4.69) is 5.32 Å². The number of carbonyl (C=O) groups excluding carboxylic acids is 1. The van der Waals surface area contributed by atoms with E-state index in [4.69, 9.17) is 48.7 Å². The lowest BCUT2D eigenvalue weighted by Crippen LogP contribution is -2.08. The Morgan fingerprint density at radius 1 is 0.938 bits per heavy atom. The first kappa shape index (κ1) is 22.2. The fourth-order valence-electron chi connectivity index (χ4n) is 3.01. The van der Waals surface area contributed by atoms with Crippen molar-refractivity contribution in [3.63, 3.8) is 0 Å². The van der Waals surface area contributed by atoms with Gasteiger partial charge in [0.25, 0.3) is 0 Å². The number of aliphatic hydroxyl groups excluding tert-OH is 1. The molecule has 0 saturated carbocycles. The van der Waals surface area contributed by atoms with Crippen LogP contribution in [0.2, 0.25) is 15.1 Å². The number of hydrogen-bond acceptors (Lipinski definition) is 4. The zero-order valence-electron chi connectivity index (χ0n) is 16.4. The van der Waals surface area contributed by atoms with Crippen LogP contribution in [0.4, 0.5) is 5.69 Å². The van der Waals surface area contributed by atoms with Crippen molar-refractivity contribution in [2.75, 3.05) is 5.32 Å². The molecule has 0 aliphatic carbocycles. The van der Waals surface area contributed by atoms with Gasteiger partial charge in [0.2, 0.25) is 5.91 Å². The third-order valence-corrected chi connectivity index (χ3v) is 5.72. The average Bonchev–Trinajstić information content (AvgIpc) is 3.45. The Hall–Kier alpha value is -2.96. The number of halogens is 3. The van der Waals surface area contributed by atoms with Gasteiger partial charge in [0.1, 0.15) is 29.6 Å². The minimum absolute atomic E-state index is 0.194. The fourth-order valence-corrected chi connectivity index (χ4v) is 3.56. The van der Waals surface area contributed by atoms with E-state index in [0.29, 0.717) is 54.9 Å². The molecule has 2 aromatic carbocycles. The van der Waals surface area contributed by atoms with Gasteiger partial charge in [-0.1, -0.05) is 40.9 Å². The SMILES string of the molecule is O=C(/C=C/c1ccc(-c2cccc(Cl)c2Cl)o1)Nc1cc(-c2ccc(CO)o2)ccc1Cl. The summed E-state index contributed by atoms with van der Waals surface area (Å²) in [5.74, 6) is 1.62. The molecule has 8 heteroatoms. The van der Waals surface area contributed by atoms with E-state index in [0.717, 1.165) is 0 Å². The molecular formula is C24H16Cl3NO4. The lowest BCUT2D eigenvalue weighted by molar-refractivity contribution is -0.111. The van der Waals surface area contributed by atoms with Crippen LogP contribution in [-0.2, 0) is 11.4 Å². The molecule has 2 heterocycles. The summed E-state index contributed by atoms with van der Waals surface area (Å²) in [5, 5.41) is 13.1. The fraction of sp³-hybridized carbons (Fsp3) is 0.0417. The van der Waals surface area contributed by atoms with Crippen molar-refractivity contribution < 1.29 is 18.7 Å². The Kier molecular flexibility index (Phi) is 6.72. The molecule has 4 aromatic rings. The molecule has 4 rings (SSSR count). The molecule has 162 valence electrons. The van der Waals surface area contributed by atoms with Gasteiger partial charge in [-0.05, 0) is 60.7 Å². The Balaban J connectivity index is 1.48. The van der Waals surface area contributed by atoms with Crippen molar-refractivity contribution in [3.05, 3.63) is 93.3 Å². The third kappa shape index (κ3) is 4.92. The highest BCUT2D eigenvalue weighted by Crippen LogP contribution is 2.34. The number of anilines is 1. The topological polar surface area (TPSA) is 75.6 Å². The summed E-state index contributed by atoms with van der Waals surface area (Å²) < 4.78 is 11.3. The van der Waals surface area contributed by atoms with Crippen LogP contribution in [-0.4, -0.2) is 11.0 Å².